The number of aromatic nitrogens is 2. The second-order valence-electron chi connectivity index (χ2n) is 7.21. The molecule has 1 aromatic heterocycles. The van der Waals surface area contributed by atoms with Gasteiger partial charge in [0.15, 0.2) is 0 Å². The van der Waals surface area contributed by atoms with Crippen LogP contribution in [-0.2, 0) is 25.7 Å². The first-order chi connectivity index (χ1) is 13.1. The Morgan fingerprint density at radius 3 is 2.19 bits per heavy atom. The molecule has 2 aromatic rings. The van der Waals surface area contributed by atoms with Crippen LogP contribution in [0.15, 0.2) is 12.1 Å². The van der Waals surface area contributed by atoms with Gasteiger partial charge in [-0.2, -0.15) is 0 Å². The Morgan fingerprint density at radius 2 is 1.59 bits per heavy atom. The molecule has 0 unspecified atom stereocenters. The van der Waals surface area contributed by atoms with Gasteiger partial charge < -0.3 is 9.47 Å². The second kappa shape index (κ2) is 8.73. The Hall–Kier alpha value is -2.10. The Balaban J connectivity index is 2.11. The van der Waals surface area contributed by atoms with Gasteiger partial charge in [0.2, 0.25) is 5.88 Å². The smallest absolute Gasteiger partial charge is 0.236 e. The molecule has 0 aliphatic heterocycles. The molecular weight excluding hydrogens is 336 g/mol. The number of rotatable bonds is 8. The minimum atomic E-state index is 0.190. The summed E-state index contributed by atoms with van der Waals surface area (Å²) in [5.74, 6) is 1.60. The summed E-state index contributed by atoms with van der Waals surface area (Å²) in [6, 6.07) is 4.46. The molecular formula is C23H32N2O2. The van der Waals surface area contributed by atoms with E-state index < -0.39 is 0 Å². The molecule has 4 heteroatoms. The molecule has 0 N–H and O–H groups in total. The van der Waals surface area contributed by atoms with Crippen LogP contribution in [-0.4, -0.2) is 23.2 Å². The molecule has 0 spiro atoms. The summed E-state index contributed by atoms with van der Waals surface area (Å²) < 4.78 is 11.9. The molecule has 0 radical (unpaired) electrons. The predicted molar refractivity (Wildman–Crippen MR) is 110 cm³/mol. The highest BCUT2D eigenvalue weighted by atomic mass is 16.5. The highest BCUT2D eigenvalue weighted by Crippen LogP contribution is 2.37. The highest BCUT2D eigenvalue weighted by molar-refractivity contribution is 5.72. The van der Waals surface area contributed by atoms with Crippen LogP contribution in [0.4, 0.5) is 0 Å². The number of benzene rings is 1. The van der Waals surface area contributed by atoms with Crippen LogP contribution < -0.4 is 9.47 Å². The van der Waals surface area contributed by atoms with Crippen LogP contribution >= 0.6 is 0 Å². The van der Waals surface area contributed by atoms with Gasteiger partial charge in [-0.3, -0.25) is 0 Å². The van der Waals surface area contributed by atoms with E-state index in [4.69, 9.17) is 19.4 Å². The summed E-state index contributed by atoms with van der Waals surface area (Å²) in [4.78, 5) is 9.92. The van der Waals surface area contributed by atoms with E-state index in [1.165, 1.54) is 17.5 Å². The van der Waals surface area contributed by atoms with Gasteiger partial charge in [-0.25, -0.2) is 9.97 Å². The molecule has 0 bridgehead atoms. The monoisotopic (exact) mass is 368 g/mol. The average molecular weight is 369 g/mol. The standard InChI is InChI=1S/C23H32N2O2/c1-6-17(7-2)27-23-20(9-4)24-22(19(8-3)25-23)18-13-15-11-10-12-16(15)14-21(18)26-5/h13-14,17H,6-12H2,1-5H3. The minimum Gasteiger partial charge on any atom is -0.496 e. The fraction of sp³-hybridized carbons (Fsp3) is 0.565. The van der Waals surface area contributed by atoms with Crippen molar-refractivity contribution in [1.82, 2.24) is 9.97 Å². The van der Waals surface area contributed by atoms with E-state index in [1.807, 2.05) is 0 Å². The zero-order chi connectivity index (χ0) is 19.4. The van der Waals surface area contributed by atoms with E-state index in [-0.39, 0.29) is 6.10 Å². The fourth-order valence-electron chi connectivity index (χ4n) is 3.84. The third-order valence-electron chi connectivity index (χ3n) is 5.53. The maximum absolute atomic E-state index is 6.19. The lowest BCUT2D eigenvalue weighted by molar-refractivity contribution is 0.181. The maximum atomic E-state index is 6.19. The zero-order valence-corrected chi connectivity index (χ0v) is 17.4. The number of ether oxygens (including phenoxy) is 2. The molecule has 0 fully saturated rings. The van der Waals surface area contributed by atoms with Crippen LogP contribution in [0.1, 0.15) is 69.5 Å². The van der Waals surface area contributed by atoms with Gasteiger partial charge in [0, 0.05) is 5.56 Å². The van der Waals surface area contributed by atoms with Crippen molar-refractivity contribution in [2.45, 2.75) is 78.7 Å². The lowest BCUT2D eigenvalue weighted by atomic mass is 10.0. The SMILES string of the molecule is CCc1nc(-c2cc3c(cc2OC)CCC3)c(CC)nc1OC(CC)CC. The Morgan fingerprint density at radius 1 is 0.926 bits per heavy atom. The van der Waals surface area contributed by atoms with E-state index >= 15 is 0 Å². The second-order valence-corrected chi connectivity index (χ2v) is 7.21. The first kappa shape index (κ1) is 19.7. The molecule has 1 aliphatic carbocycles. The third kappa shape index (κ3) is 3.95. The van der Waals surface area contributed by atoms with Gasteiger partial charge in [-0.15, -0.1) is 0 Å². The van der Waals surface area contributed by atoms with Crippen molar-refractivity contribution in [2.75, 3.05) is 7.11 Å². The van der Waals surface area contributed by atoms with Crippen molar-refractivity contribution < 1.29 is 9.47 Å². The Kier molecular flexibility index (Phi) is 6.35. The number of hydrogen-bond acceptors (Lipinski definition) is 4. The van der Waals surface area contributed by atoms with Crippen LogP contribution in [0.25, 0.3) is 11.3 Å². The number of methoxy groups -OCH3 is 1. The molecule has 4 nitrogen and oxygen atoms in total. The van der Waals surface area contributed by atoms with E-state index in [9.17, 15) is 0 Å². The topological polar surface area (TPSA) is 44.2 Å². The predicted octanol–water partition coefficient (Wildman–Crippen LogP) is 5.33. The number of nitrogens with zero attached hydrogens (tertiary/aromatic N) is 2. The average Bonchev–Trinajstić information content (AvgIpc) is 3.17. The minimum absolute atomic E-state index is 0.190. The maximum Gasteiger partial charge on any atom is 0.236 e. The van der Waals surface area contributed by atoms with Gasteiger partial charge in [0.1, 0.15) is 11.4 Å². The normalized spacial score (nSPS) is 13.1. The zero-order valence-electron chi connectivity index (χ0n) is 17.4. The van der Waals surface area contributed by atoms with Gasteiger partial charge in [0.25, 0.3) is 0 Å². The lowest BCUT2D eigenvalue weighted by Gasteiger charge is -2.20. The highest BCUT2D eigenvalue weighted by Gasteiger charge is 2.22. The summed E-state index contributed by atoms with van der Waals surface area (Å²) in [5, 5.41) is 0. The van der Waals surface area contributed by atoms with Crippen LogP contribution in [0.3, 0.4) is 0 Å². The van der Waals surface area contributed by atoms with Crippen LogP contribution in [0.2, 0.25) is 0 Å². The van der Waals surface area contributed by atoms with E-state index in [0.717, 1.165) is 66.9 Å². The molecule has 3 rings (SSSR count). The van der Waals surface area contributed by atoms with Gasteiger partial charge in [0.05, 0.1) is 24.6 Å². The number of aryl methyl sites for hydroxylation is 4. The van der Waals surface area contributed by atoms with Crippen molar-refractivity contribution in [3.63, 3.8) is 0 Å². The van der Waals surface area contributed by atoms with E-state index in [0.29, 0.717) is 5.88 Å². The van der Waals surface area contributed by atoms with Crippen molar-refractivity contribution in [3.05, 3.63) is 34.6 Å². The van der Waals surface area contributed by atoms with Crippen molar-refractivity contribution in [3.8, 4) is 22.9 Å². The molecule has 146 valence electrons. The van der Waals surface area contributed by atoms with Crippen molar-refractivity contribution in [1.29, 1.82) is 0 Å². The molecule has 27 heavy (non-hydrogen) atoms. The summed E-state index contributed by atoms with van der Waals surface area (Å²) in [6.45, 7) is 8.54. The molecule has 1 aromatic carbocycles. The Labute approximate surface area is 163 Å². The Bertz CT molecular complexity index is 797. The van der Waals surface area contributed by atoms with Gasteiger partial charge in [-0.1, -0.05) is 27.7 Å². The largest absolute Gasteiger partial charge is 0.496 e. The quantitative estimate of drug-likeness (QED) is 0.631. The van der Waals surface area contributed by atoms with Gasteiger partial charge >= 0.3 is 0 Å². The van der Waals surface area contributed by atoms with E-state index in [2.05, 4.69) is 39.8 Å². The summed E-state index contributed by atoms with van der Waals surface area (Å²) in [5.41, 5.74) is 6.74. The van der Waals surface area contributed by atoms with Crippen molar-refractivity contribution >= 4 is 0 Å². The third-order valence-corrected chi connectivity index (χ3v) is 5.53. The van der Waals surface area contributed by atoms with E-state index in [1.54, 1.807) is 7.11 Å². The summed E-state index contributed by atoms with van der Waals surface area (Å²) in [6.07, 6.45) is 7.25. The van der Waals surface area contributed by atoms with Crippen molar-refractivity contribution in [2.24, 2.45) is 0 Å². The molecule has 0 saturated carbocycles. The summed E-state index contributed by atoms with van der Waals surface area (Å²) >= 11 is 0. The molecule has 1 heterocycles. The molecule has 0 amide bonds. The van der Waals surface area contributed by atoms with Crippen LogP contribution in [0, 0.1) is 0 Å². The summed E-state index contributed by atoms with van der Waals surface area (Å²) in [7, 11) is 1.74. The lowest BCUT2D eigenvalue weighted by Crippen LogP contribution is -2.17. The molecule has 1 aliphatic rings. The number of fused-ring (bicyclic) bond motifs is 1. The number of hydrogen-bond donors (Lipinski definition) is 0. The molecule has 0 atom stereocenters. The fourth-order valence-corrected chi connectivity index (χ4v) is 3.84. The van der Waals surface area contributed by atoms with Crippen LogP contribution in [0.5, 0.6) is 11.6 Å². The first-order valence-corrected chi connectivity index (χ1v) is 10.4. The molecule has 0 saturated heterocycles. The first-order valence-electron chi connectivity index (χ1n) is 10.4. The van der Waals surface area contributed by atoms with Gasteiger partial charge in [-0.05, 0) is 68.2 Å².